The van der Waals surface area contributed by atoms with Crippen LogP contribution in [-0.2, 0) is 6.42 Å². The first-order valence-electron chi connectivity index (χ1n) is 4.83. The minimum absolute atomic E-state index is 0.396. The van der Waals surface area contributed by atoms with Crippen molar-refractivity contribution in [3.05, 3.63) is 41.6 Å². The van der Waals surface area contributed by atoms with Gasteiger partial charge in [0.25, 0.3) is 0 Å². The third kappa shape index (κ3) is 3.17. The molecular weight excluding hydrogens is 370 g/mol. The van der Waals surface area contributed by atoms with Crippen molar-refractivity contribution in [1.29, 1.82) is 0 Å². The van der Waals surface area contributed by atoms with E-state index in [1.54, 1.807) is 22.7 Å². The molecule has 16 heavy (non-hydrogen) atoms. The van der Waals surface area contributed by atoms with Crippen molar-refractivity contribution < 1.29 is 0 Å². The summed E-state index contributed by atoms with van der Waals surface area (Å²) in [5.74, 6) is 0. The average molecular weight is 381 g/mol. The van der Waals surface area contributed by atoms with E-state index >= 15 is 0 Å². The fourth-order valence-electron chi connectivity index (χ4n) is 1.55. The summed E-state index contributed by atoms with van der Waals surface area (Å²) in [4.78, 5) is 1.40. The van der Waals surface area contributed by atoms with Crippen LogP contribution < -0.4 is 5.32 Å². The van der Waals surface area contributed by atoms with E-state index in [-0.39, 0.29) is 0 Å². The van der Waals surface area contributed by atoms with Gasteiger partial charge in [-0.25, -0.2) is 0 Å². The molecule has 2 aromatic rings. The predicted molar refractivity (Wildman–Crippen MR) is 79.5 cm³/mol. The van der Waals surface area contributed by atoms with Crippen LogP contribution in [-0.4, -0.2) is 7.05 Å². The van der Waals surface area contributed by atoms with Crippen LogP contribution in [0, 0.1) is 0 Å². The van der Waals surface area contributed by atoms with E-state index < -0.39 is 0 Å². The van der Waals surface area contributed by atoms with E-state index in [9.17, 15) is 0 Å². The van der Waals surface area contributed by atoms with Crippen LogP contribution in [0.15, 0.2) is 31.2 Å². The van der Waals surface area contributed by atoms with Gasteiger partial charge in [-0.15, -0.1) is 22.7 Å². The lowest BCUT2D eigenvalue weighted by Crippen LogP contribution is -2.17. The summed E-state index contributed by atoms with van der Waals surface area (Å²) < 4.78 is 2.36. The Morgan fingerprint density at radius 2 is 2.06 bits per heavy atom. The molecule has 2 heterocycles. The Kier molecular flexibility index (Phi) is 4.61. The quantitative estimate of drug-likeness (QED) is 0.800. The smallest absolute Gasteiger partial charge is 0.0701 e. The number of hydrogen-bond acceptors (Lipinski definition) is 3. The van der Waals surface area contributed by atoms with Crippen molar-refractivity contribution in [2.24, 2.45) is 0 Å². The number of thiophene rings is 2. The molecule has 0 spiro atoms. The molecule has 0 aliphatic rings. The molecule has 2 aromatic heterocycles. The topological polar surface area (TPSA) is 12.0 Å². The van der Waals surface area contributed by atoms with Crippen molar-refractivity contribution >= 4 is 54.5 Å². The van der Waals surface area contributed by atoms with E-state index in [0.717, 1.165) is 6.42 Å². The summed E-state index contributed by atoms with van der Waals surface area (Å²) >= 11 is 10.5. The molecule has 0 radical (unpaired) electrons. The fourth-order valence-corrected chi connectivity index (χ4v) is 4.28. The van der Waals surface area contributed by atoms with Gasteiger partial charge in [0.05, 0.1) is 3.79 Å². The molecule has 0 aliphatic heterocycles. The van der Waals surface area contributed by atoms with Gasteiger partial charge in [0, 0.05) is 27.2 Å². The zero-order valence-electron chi connectivity index (χ0n) is 8.67. The monoisotopic (exact) mass is 379 g/mol. The molecule has 1 unspecified atom stereocenters. The summed E-state index contributed by atoms with van der Waals surface area (Å²) in [6.45, 7) is 0. The molecule has 0 amide bonds. The molecule has 1 nitrogen and oxygen atoms in total. The third-order valence-corrected chi connectivity index (χ3v) is 5.61. The van der Waals surface area contributed by atoms with Crippen LogP contribution in [0.4, 0.5) is 0 Å². The van der Waals surface area contributed by atoms with Crippen LogP contribution in [0.3, 0.4) is 0 Å². The Labute approximate surface area is 120 Å². The highest BCUT2D eigenvalue weighted by Gasteiger charge is 2.12. The molecule has 86 valence electrons. The lowest BCUT2D eigenvalue weighted by molar-refractivity contribution is 0.598. The van der Waals surface area contributed by atoms with Crippen molar-refractivity contribution in [3.8, 4) is 0 Å². The number of halogens is 2. The van der Waals surface area contributed by atoms with Crippen molar-refractivity contribution in [2.45, 2.75) is 12.5 Å². The predicted octanol–water partition coefficient (Wildman–Crippen LogP) is 4.84. The van der Waals surface area contributed by atoms with E-state index in [1.165, 1.54) is 18.7 Å². The van der Waals surface area contributed by atoms with E-state index in [1.807, 2.05) is 7.05 Å². The van der Waals surface area contributed by atoms with Crippen LogP contribution in [0.2, 0.25) is 0 Å². The molecule has 0 bridgehead atoms. The lowest BCUT2D eigenvalue weighted by Gasteiger charge is -2.13. The molecule has 0 aliphatic carbocycles. The first kappa shape index (κ1) is 12.8. The molecular formula is C11H11Br2NS2. The zero-order chi connectivity index (χ0) is 11.5. The maximum atomic E-state index is 3.51. The molecule has 0 fully saturated rings. The number of likely N-dealkylation sites (N-methyl/N-ethyl adjacent to an activating group) is 1. The molecule has 0 aromatic carbocycles. The fraction of sp³-hybridized carbons (Fsp3) is 0.273. The third-order valence-electron chi connectivity index (χ3n) is 2.37. The van der Waals surface area contributed by atoms with Crippen molar-refractivity contribution in [1.82, 2.24) is 5.32 Å². The van der Waals surface area contributed by atoms with Gasteiger partial charge in [0.15, 0.2) is 0 Å². The highest BCUT2D eigenvalue weighted by Crippen LogP contribution is 2.29. The highest BCUT2D eigenvalue weighted by molar-refractivity contribution is 9.11. The normalized spacial score (nSPS) is 12.9. The SMILES string of the molecule is CNC(Cc1cc(Br)cs1)c1csc(Br)c1. The van der Waals surface area contributed by atoms with Gasteiger partial charge in [0.1, 0.15) is 0 Å². The second-order valence-electron chi connectivity index (χ2n) is 3.46. The van der Waals surface area contributed by atoms with Crippen LogP contribution in [0.5, 0.6) is 0 Å². The number of nitrogens with one attached hydrogen (secondary N) is 1. The van der Waals surface area contributed by atoms with E-state index in [0.29, 0.717) is 6.04 Å². The van der Waals surface area contributed by atoms with Crippen molar-refractivity contribution in [3.63, 3.8) is 0 Å². The summed E-state index contributed by atoms with van der Waals surface area (Å²) in [5, 5.41) is 7.70. The zero-order valence-corrected chi connectivity index (χ0v) is 13.5. The van der Waals surface area contributed by atoms with Crippen LogP contribution in [0.1, 0.15) is 16.5 Å². The molecule has 1 N–H and O–H groups in total. The summed E-state index contributed by atoms with van der Waals surface area (Å²) in [6.07, 6.45) is 1.04. The first-order valence-corrected chi connectivity index (χ1v) is 8.17. The average Bonchev–Trinajstić information content (AvgIpc) is 2.84. The van der Waals surface area contributed by atoms with Gasteiger partial charge in [0.2, 0.25) is 0 Å². The Hall–Kier alpha value is 0.320. The highest BCUT2D eigenvalue weighted by atomic mass is 79.9. The van der Waals surface area contributed by atoms with Gasteiger partial charge < -0.3 is 5.32 Å². The maximum absolute atomic E-state index is 3.51. The summed E-state index contributed by atoms with van der Waals surface area (Å²) in [7, 11) is 2.01. The number of rotatable bonds is 4. The van der Waals surface area contributed by atoms with Gasteiger partial charge in [-0.2, -0.15) is 0 Å². The molecule has 0 saturated carbocycles. The second kappa shape index (κ2) is 5.78. The molecule has 1 atom stereocenters. The maximum Gasteiger partial charge on any atom is 0.0701 e. The molecule has 2 rings (SSSR count). The Morgan fingerprint density at radius 3 is 2.56 bits per heavy atom. The van der Waals surface area contributed by atoms with Crippen LogP contribution >= 0.6 is 54.5 Å². The molecule has 0 saturated heterocycles. The molecule has 5 heteroatoms. The minimum atomic E-state index is 0.396. The Morgan fingerprint density at radius 1 is 1.25 bits per heavy atom. The van der Waals surface area contributed by atoms with Crippen LogP contribution in [0.25, 0.3) is 0 Å². The van der Waals surface area contributed by atoms with E-state index in [4.69, 9.17) is 0 Å². The minimum Gasteiger partial charge on any atom is -0.313 e. The largest absolute Gasteiger partial charge is 0.313 e. The Bertz CT molecular complexity index is 464. The first-order chi connectivity index (χ1) is 7.69. The van der Waals surface area contributed by atoms with Gasteiger partial charge >= 0.3 is 0 Å². The Balaban J connectivity index is 2.12. The summed E-state index contributed by atoms with van der Waals surface area (Å²) in [6, 6.07) is 4.78. The van der Waals surface area contributed by atoms with Crippen molar-refractivity contribution in [2.75, 3.05) is 7.05 Å². The summed E-state index contributed by atoms with van der Waals surface area (Å²) in [5.41, 5.74) is 1.35. The number of hydrogen-bond donors (Lipinski definition) is 1. The van der Waals surface area contributed by atoms with Gasteiger partial charge in [-0.05, 0) is 62.0 Å². The van der Waals surface area contributed by atoms with Gasteiger partial charge in [-0.1, -0.05) is 0 Å². The van der Waals surface area contributed by atoms with Gasteiger partial charge in [-0.3, -0.25) is 0 Å². The standard InChI is InChI=1S/C11H11Br2NS2/c1-14-10(7-2-11(13)16-5-7)4-9-3-8(12)6-15-9/h2-3,5-6,10,14H,4H2,1H3. The second-order valence-corrected chi connectivity index (χ2v) is 7.66. The lowest BCUT2D eigenvalue weighted by atomic mass is 10.1. The van der Waals surface area contributed by atoms with E-state index in [2.05, 4.69) is 60.1 Å².